The predicted octanol–water partition coefficient (Wildman–Crippen LogP) is 0.888. The average Bonchev–Trinajstić information content (AvgIpc) is 2.69. The summed E-state index contributed by atoms with van der Waals surface area (Å²) >= 11 is 0. The highest BCUT2D eigenvalue weighted by molar-refractivity contribution is 5.97. The van der Waals surface area contributed by atoms with Crippen LogP contribution in [0.2, 0.25) is 0 Å². The highest BCUT2D eigenvalue weighted by Crippen LogP contribution is 2.09. The van der Waals surface area contributed by atoms with Crippen LogP contribution in [0.5, 0.6) is 0 Å². The van der Waals surface area contributed by atoms with Gasteiger partial charge in [-0.1, -0.05) is 13.8 Å². The molecule has 0 radical (unpaired) electrons. The van der Waals surface area contributed by atoms with Crippen LogP contribution < -0.4 is 11.1 Å². The van der Waals surface area contributed by atoms with Crippen LogP contribution in [0, 0.1) is 5.92 Å². The number of anilines is 1. The van der Waals surface area contributed by atoms with Crippen LogP contribution in [0.4, 0.5) is 5.69 Å². The van der Waals surface area contributed by atoms with E-state index in [9.17, 15) is 4.79 Å². The molecule has 6 nitrogen and oxygen atoms in total. The van der Waals surface area contributed by atoms with E-state index in [-0.39, 0.29) is 5.91 Å². The molecular formula is C12H22N4O2. The van der Waals surface area contributed by atoms with Crippen LogP contribution in [0.3, 0.4) is 0 Å². The van der Waals surface area contributed by atoms with Gasteiger partial charge in [0.15, 0.2) is 0 Å². The number of hydrogen-bond acceptors (Lipinski definition) is 4. The van der Waals surface area contributed by atoms with Crippen molar-refractivity contribution in [2.24, 2.45) is 5.92 Å². The van der Waals surface area contributed by atoms with Gasteiger partial charge in [0.05, 0.1) is 18.5 Å². The molecular weight excluding hydrogens is 232 g/mol. The van der Waals surface area contributed by atoms with Gasteiger partial charge >= 0.3 is 0 Å². The molecule has 0 saturated heterocycles. The number of hydrogen-bond donors (Lipinski definition) is 2. The van der Waals surface area contributed by atoms with Gasteiger partial charge < -0.3 is 15.8 Å². The molecule has 0 atom stereocenters. The summed E-state index contributed by atoms with van der Waals surface area (Å²) in [5.74, 6) is 0.290. The van der Waals surface area contributed by atoms with Crippen molar-refractivity contribution >= 4 is 11.6 Å². The molecule has 18 heavy (non-hydrogen) atoms. The summed E-state index contributed by atoms with van der Waals surface area (Å²) < 4.78 is 6.96. The van der Waals surface area contributed by atoms with E-state index in [1.54, 1.807) is 4.68 Å². The van der Waals surface area contributed by atoms with Gasteiger partial charge in [-0.15, -0.1) is 0 Å². The average molecular weight is 254 g/mol. The minimum Gasteiger partial charge on any atom is -0.396 e. The minimum absolute atomic E-state index is 0.208. The molecule has 0 saturated carbocycles. The van der Waals surface area contributed by atoms with Gasteiger partial charge in [-0.05, 0) is 12.8 Å². The van der Waals surface area contributed by atoms with Crippen molar-refractivity contribution in [3.05, 3.63) is 11.9 Å². The number of nitrogen functional groups attached to an aromatic ring is 1. The molecule has 0 aliphatic carbocycles. The van der Waals surface area contributed by atoms with Gasteiger partial charge in [0.1, 0.15) is 5.69 Å². The van der Waals surface area contributed by atoms with E-state index in [1.165, 1.54) is 6.20 Å². The van der Waals surface area contributed by atoms with Gasteiger partial charge in [0.25, 0.3) is 5.91 Å². The van der Waals surface area contributed by atoms with Crippen LogP contribution in [-0.2, 0) is 11.3 Å². The van der Waals surface area contributed by atoms with Crippen LogP contribution >= 0.6 is 0 Å². The molecule has 1 heterocycles. The van der Waals surface area contributed by atoms with Crippen LogP contribution in [-0.4, -0.2) is 35.4 Å². The third kappa shape index (κ3) is 4.03. The van der Waals surface area contributed by atoms with Gasteiger partial charge in [-0.25, -0.2) is 0 Å². The maximum Gasteiger partial charge on any atom is 0.271 e. The maximum absolute atomic E-state index is 11.9. The SMILES string of the molecule is CCn1ncc(N)c1C(=O)NCCOCC(C)C. The van der Waals surface area contributed by atoms with Gasteiger partial charge in [0, 0.05) is 19.7 Å². The Morgan fingerprint density at radius 3 is 2.94 bits per heavy atom. The standard InChI is InChI=1S/C12H22N4O2/c1-4-16-11(10(13)7-15-16)12(17)14-5-6-18-8-9(2)3/h7,9H,4-6,8,13H2,1-3H3,(H,14,17). The normalized spacial score (nSPS) is 10.9. The summed E-state index contributed by atoms with van der Waals surface area (Å²) in [6, 6.07) is 0. The molecule has 3 N–H and O–H groups in total. The Morgan fingerprint density at radius 2 is 2.33 bits per heavy atom. The van der Waals surface area contributed by atoms with Crippen molar-refractivity contribution in [1.29, 1.82) is 0 Å². The molecule has 0 bridgehead atoms. The number of rotatable bonds is 7. The first-order chi connectivity index (χ1) is 8.56. The Bertz CT molecular complexity index is 387. The highest BCUT2D eigenvalue weighted by atomic mass is 16.5. The van der Waals surface area contributed by atoms with Crippen LogP contribution in [0.1, 0.15) is 31.3 Å². The Labute approximate surface area is 107 Å². The Morgan fingerprint density at radius 1 is 1.61 bits per heavy atom. The third-order valence-electron chi connectivity index (χ3n) is 2.37. The lowest BCUT2D eigenvalue weighted by atomic mass is 10.2. The predicted molar refractivity (Wildman–Crippen MR) is 70.3 cm³/mol. The monoisotopic (exact) mass is 254 g/mol. The molecule has 1 aromatic rings. The minimum atomic E-state index is -0.208. The lowest BCUT2D eigenvalue weighted by molar-refractivity contribution is 0.0878. The number of nitrogens with zero attached hydrogens (tertiary/aromatic N) is 2. The molecule has 0 aliphatic heterocycles. The molecule has 1 amide bonds. The number of nitrogens with two attached hydrogens (primary N) is 1. The second kappa shape index (κ2) is 7.00. The Kier molecular flexibility index (Phi) is 5.64. The van der Waals surface area contributed by atoms with Crippen molar-refractivity contribution in [2.75, 3.05) is 25.5 Å². The topological polar surface area (TPSA) is 82.2 Å². The van der Waals surface area contributed by atoms with E-state index in [4.69, 9.17) is 10.5 Å². The zero-order valence-corrected chi connectivity index (χ0v) is 11.3. The second-order valence-corrected chi connectivity index (χ2v) is 4.49. The number of aromatic nitrogens is 2. The molecule has 0 aliphatic rings. The number of nitrogens with one attached hydrogen (secondary N) is 1. The fourth-order valence-electron chi connectivity index (χ4n) is 1.53. The fourth-order valence-corrected chi connectivity index (χ4v) is 1.53. The molecule has 102 valence electrons. The lowest BCUT2D eigenvalue weighted by Crippen LogP contribution is -2.30. The number of aryl methyl sites for hydroxylation is 1. The van der Waals surface area contributed by atoms with E-state index >= 15 is 0 Å². The largest absolute Gasteiger partial charge is 0.396 e. The summed E-state index contributed by atoms with van der Waals surface area (Å²) in [5, 5.41) is 6.79. The first-order valence-electron chi connectivity index (χ1n) is 6.23. The third-order valence-corrected chi connectivity index (χ3v) is 2.37. The zero-order valence-electron chi connectivity index (χ0n) is 11.3. The Hall–Kier alpha value is -1.56. The van der Waals surface area contributed by atoms with E-state index in [2.05, 4.69) is 24.3 Å². The van der Waals surface area contributed by atoms with Crippen molar-refractivity contribution in [2.45, 2.75) is 27.3 Å². The van der Waals surface area contributed by atoms with Gasteiger partial charge in [0.2, 0.25) is 0 Å². The van der Waals surface area contributed by atoms with Crippen molar-refractivity contribution in [3.8, 4) is 0 Å². The summed E-state index contributed by atoms with van der Waals surface area (Å²) in [5.41, 5.74) is 6.53. The van der Waals surface area contributed by atoms with Crippen molar-refractivity contribution in [3.63, 3.8) is 0 Å². The van der Waals surface area contributed by atoms with E-state index < -0.39 is 0 Å². The number of ether oxygens (including phenoxy) is 1. The summed E-state index contributed by atoms with van der Waals surface area (Å²) in [7, 11) is 0. The van der Waals surface area contributed by atoms with E-state index in [0.29, 0.717) is 43.6 Å². The van der Waals surface area contributed by atoms with E-state index in [0.717, 1.165) is 0 Å². The first kappa shape index (κ1) is 14.5. The Balaban J connectivity index is 2.38. The number of carbonyl (C=O) groups is 1. The van der Waals surface area contributed by atoms with Crippen molar-refractivity contribution in [1.82, 2.24) is 15.1 Å². The molecule has 0 spiro atoms. The molecule has 0 fully saturated rings. The molecule has 1 aromatic heterocycles. The summed E-state index contributed by atoms with van der Waals surface area (Å²) in [6.07, 6.45) is 1.49. The molecule has 0 unspecified atom stereocenters. The van der Waals surface area contributed by atoms with Gasteiger partial charge in [-0.2, -0.15) is 5.10 Å². The lowest BCUT2D eigenvalue weighted by Gasteiger charge is -2.09. The summed E-state index contributed by atoms with van der Waals surface area (Å²) in [6.45, 7) is 8.37. The molecule has 1 rings (SSSR count). The second-order valence-electron chi connectivity index (χ2n) is 4.49. The quantitative estimate of drug-likeness (QED) is 0.708. The fraction of sp³-hybridized carbons (Fsp3) is 0.667. The first-order valence-corrected chi connectivity index (χ1v) is 6.23. The van der Waals surface area contributed by atoms with Crippen LogP contribution in [0.15, 0.2) is 6.20 Å². The highest BCUT2D eigenvalue weighted by Gasteiger charge is 2.15. The number of amides is 1. The summed E-state index contributed by atoms with van der Waals surface area (Å²) in [4.78, 5) is 11.9. The number of carbonyl (C=O) groups excluding carboxylic acids is 1. The van der Waals surface area contributed by atoms with E-state index in [1.807, 2.05) is 6.92 Å². The van der Waals surface area contributed by atoms with Gasteiger partial charge in [-0.3, -0.25) is 9.48 Å². The van der Waals surface area contributed by atoms with Crippen LogP contribution in [0.25, 0.3) is 0 Å². The smallest absolute Gasteiger partial charge is 0.271 e. The zero-order chi connectivity index (χ0) is 13.5. The molecule has 6 heteroatoms. The molecule has 0 aromatic carbocycles. The van der Waals surface area contributed by atoms with Crippen molar-refractivity contribution < 1.29 is 9.53 Å². The maximum atomic E-state index is 11.9.